The topological polar surface area (TPSA) is 29.5 Å². The molecule has 0 saturated heterocycles. The van der Waals surface area contributed by atoms with Crippen molar-refractivity contribution in [3.05, 3.63) is 29.8 Å². The van der Waals surface area contributed by atoms with Crippen LogP contribution in [0.5, 0.6) is 5.75 Å². The highest BCUT2D eigenvalue weighted by molar-refractivity contribution is 5.28. The highest BCUT2D eigenvalue weighted by Gasteiger charge is 2.02. The van der Waals surface area contributed by atoms with Crippen LogP contribution in [0.25, 0.3) is 0 Å². The van der Waals surface area contributed by atoms with Gasteiger partial charge in [0.2, 0.25) is 0 Å². The Morgan fingerprint density at radius 2 is 2.23 bits per heavy atom. The average molecular weight is 180 g/mol. The predicted molar refractivity (Wildman–Crippen MR) is 53.0 cm³/mol. The maximum atomic E-state index is 9.43. The van der Waals surface area contributed by atoms with E-state index in [0.29, 0.717) is 6.42 Å². The van der Waals surface area contributed by atoms with Gasteiger partial charge in [-0.3, -0.25) is 0 Å². The number of rotatable bonds is 4. The molecule has 0 aliphatic heterocycles. The number of hydrogen-bond donors (Lipinski definition) is 1. The van der Waals surface area contributed by atoms with E-state index in [1.807, 2.05) is 31.2 Å². The summed E-state index contributed by atoms with van der Waals surface area (Å²) in [6.07, 6.45) is 1.25. The molecule has 0 amide bonds. The summed E-state index contributed by atoms with van der Waals surface area (Å²) in [5, 5.41) is 9.43. The summed E-state index contributed by atoms with van der Waals surface area (Å²) in [5.74, 6) is 0.848. The molecule has 0 aliphatic carbocycles. The first-order chi connectivity index (χ1) is 6.26. The largest absolute Gasteiger partial charge is 0.497 e. The van der Waals surface area contributed by atoms with Gasteiger partial charge >= 0.3 is 0 Å². The Morgan fingerprint density at radius 3 is 2.85 bits per heavy atom. The highest BCUT2D eigenvalue weighted by atomic mass is 16.5. The summed E-state index contributed by atoms with van der Waals surface area (Å²) >= 11 is 0. The van der Waals surface area contributed by atoms with Crippen molar-refractivity contribution in [3.63, 3.8) is 0 Å². The third kappa shape index (κ3) is 3.07. The first-order valence-corrected chi connectivity index (χ1v) is 4.57. The molecule has 0 saturated carbocycles. The van der Waals surface area contributed by atoms with Crippen molar-refractivity contribution in [2.24, 2.45) is 0 Å². The smallest absolute Gasteiger partial charge is 0.119 e. The van der Waals surface area contributed by atoms with Crippen LogP contribution in [0.3, 0.4) is 0 Å². The third-order valence-electron chi connectivity index (χ3n) is 2.08. The highest BCUT2D eigenvalue weighted by Crippen LogP contribution is 2.14. The van der Waals surface area contributed by atoms with Crippen LogP contribution < -0.4 is 4.74 Å². The lowest BCUT2D eigenvalue weighted by Crippen LogP contribution is -2.08. The summed E-state index contributed by atoms with van der Waals surface area (Å²) in [7, 11) is 1.65. The average Bonchev–Trinajstić information content (AvgIpc) is 2.18. The molecule has 1 aromatic carbocycles. The van der Waals surface area contributed by atoms with Crippen LogP contribution in [0.4, 0.5) is 0 Å². The summed E-state index contributed by atoms with van der Waals surface area (Å²) in [6, 6.07) is 7.80. The van der Waals surface area contributed by atoms with Gasteiger partial charge in [-0.15, -0.1) is 0 Å². The lowest BCUT2D eigenvalue weighted by molar-refractivity contribution is 0.170. The molecule has 2 nitrogen and oxygen atoms in total. The number of benzene rings is 1. The molecule has 1 N–H and O–H groups in total. The molecule has 0 unspecified atom stereocenters. The number of aliphatic hydroxyl groups excluding tert-OH is 1. The maximum absolute atomic E-state index is 9.43. The molecule has 0 bridgehead atoms. The fraction of sp³-hybridized carbons (Fsp3) is 0.455. The fourth-order valence-corrected chi connectivity index (χ4v) is 1.22. The Morgan fingerprint density at radius 1 is 1.46 bits per heavy atom. The molecule has 0 heterocycles. The van der Waals surface area contributed by atoms with Gasteiger partial charge in [0.15, 0.2) is 0 Å². The quantitative estimate of drug-likeness (QED) is 0.768. The fourth-order valence-electron chi connectivity index (χ4n) is 1.22. The number of aliphatic hydroxyl groups is 1. The molecular formula is C11H16O2. The first kappa shape index (κ1) is 10.1. The molecule has 1 aromatic rings. The van der Waals surface area contributed by atoms with E-state index in [1.54, 1.807) is 7.11 Å². The van der Waals surface area contributed by atoms with Crippen LogP contribution in [0.2, 0.25) is 0 Å². The van der Waals surface area contributed by atoms with Crippen molar-refractivity contribution in [2.45, 2.75) is 25.9 Å². The van der Waals surface area contributed by atoms with Gasteiger partial charge in [0.25, 0.3) is 0 Å². The van der Waals surface area contributed by atoms with E-state index in [0.717, 1.165) is 17.7 Å². The predicted octanol–water partition coefficient (Wildman–Crippen LogP) is 2.01. The van der Waals surface area contributed by atoms with Gasteiger partial charge in [-0.05, 0) is 30.5 Å². The Bertz CT molecular complexity index is 258. The zero-order chi connectivity index (χ0) is 9.68. The van der Waals surface area contributed by atoms with E-state index >= 15 is 0 Å². The Kier molecular flexibility index (Phi) is 3.77. The minimum Gasteiger partial charge on any atom is -0.497 e. The van der Waals surface area contributed by atoms with E-state index in [4.69, 9.17) is 4.74 Å². The van der Waals surface area contributed by atoms with Gasteiger partial charge in [-0.25, -0.2) is 0 Å². The molecule has 0 spiro atoms. The van der Waals surface area contributed by atoms with E-state index in [-0.39, 0.29) is 6.10 Å². The van der Waals surface area contributed by atoms with Crippen LogP contribution in [-0.2, 0) is 6.42 Å². The van der Waals surface area contributed by atoms with Gasteiger partial charge in [0, 0.05) is 0 Å². The zero-order valence-electron chi connectivity index (χ0n) is 8.16. The molecule has 0 aromatic heterocycles. The van der Waals surface area contributed by atoms with Crippen molar-refractivity contribution in [1.29, 1.82) is 0 Å². The zero-order valence-corrected chi connectivity index (χ0v) is 8.16. The SMILES string of the molecule is CC[C@H](O)Cc1cccc(OC)c1. The molecule has 13 heavy (non-hydrogen) atoms. The Hall–Kier alpha value is -1.02. The van der Waals surface area contributed by atoms with Crippen molar-refractivity contribution in [3.8, 4) is 5.75 Å². The van der Waals surface area contributed by atoms with E-state index in [1.165, 1.54) is 0 Å². The molecule has 2 heteroatoms. The molecule has 0 fully saturated rings. The summed E-state index contributed by atoms with van der Waals surface area (Å²) in [5.41, 5.74) is 1.12. The summed E-state index contributed by atoms with van der Waals surface area (Å²) in [4.78, 5) is 0. The number of ether oxygens (including phenoxy) is 1. The maximum Gasteiger partial charge on any atom is 0.119 e. The molecule has 0 aliphatic rings. The Balaban J connectivity index is 2.66. The van der Waals surface area contributed by atoms with E-state index < -0.39 is 0 Å². The Labute approximate surface area is 79.2 Å². The van der Waals surface area contributed by atoms with Crippen LogP contribution in [-0.4, -0.2) is 18.3 Å². The second-order valence-corrected chi connectivity index (χ2v) is 3.12. The monoisotopic (exact) mass is 180 g/mol. The van der Waals surface area contributed by atoms with Crippen LogP contribution >= 0.6 is 0 Å². The van der Waals surface area contributed by atoms with Crippen molar-refractivity contribution in [1.82, 2.24) is 0 Å². The molecule has 0 radical (unpaired) electrons. The number of hydrogen-bond acceptors (Lipinski definition) is 2. The van der Waals surface area contributed by atoms with Crippen LogP contribution in [0.15, 0.2) is 24.3 Å². The molecule has 1 atom stereocenters. The molecule has 72 valence electrons. The molecular weight excluding hydrogens is 164 g/mol. The van der Waals surface area contributed by atoms with Gasteiger partial charge < -0.3 is 9.84 Å². The van der Waals surface area contributed by atoms with Gasteiger partial charge in [0.1, 0.15) is 5.75 Å². The minimum atomic E-state index is -0.243. The second kappa shape index (κ2) is 4.87. The molecule has 1 rings (SSSR count). The lowest BCUT2D eigenvalue weighted by Gasteiger charge is -2.08. The normalized spacial score (nSPS) is 12.5. The lowest BCUT2D eigenvalue weighted by atomic mass is 10.1. The second-order valence-electron chi connectivity index (χ2n) is 3.12. The van der Waals surface area contributed by atoms with Crippen molar-refractivity contribution < 1.29 is 9.84 Å². The third-order valence-corrected chi connectivity index (χ3v) is 2.08. The minimum absolute atomic E-state index is 0.243. The number of methoxy groups -OCH3 is 1. The summed E-state index contributed by atoms with van der Waals surface area (Å²) in [6.45, 7) is 1.98. The van der Waals surface area contributed by atoms with E-state index in [2.05, 4.69) is 0 Å². The van der Waals surface area contributed by atoms with Crippen molar-refractivity contribution >= 4 is 0 Å². The van der Waals surface area contributed by atoms with Gasteiger partial charge in [-0.1, -0.05) is 19.1 Å². The van der Waals surface area contributed by atoms with E-state index in [9.17, 15) is 5.11 Å². The summed E-state index contributed by atoms with van der Waals surface area (Å²) < 4.78 is 5.09. The first-order valence-electron chi connectivity index (χ1n) is 4.57. The van der Waals surface area contributed by atoms with Crippen LogP contribution in [0, 0.1) is 0 Å². The van der Waals surface area contributed by atoms with Gasteiger partial charge in [-0.2, -0.15) is 0 Å². The standard InChI is InChI=1S/C11H16O2/c1-3-10(12)7-9-5-4-6-11(8-9)13-2/h4-6,8,10,12H,3,7H2,1-2H3/t10-/m0/s1. The van der Waals surface area contributed by atoms with Crippen LogP contribution in [0.1, 0.15) is 18.9 Å². The van der Waals surface area contributed by atoms with Crippen molar-refractivity contribution in [2.75, 3.05) is 7.11 Å². The van der Waals surface area contributed by atoms with Gasteiger partial charge in [0.05, 0.1) is 13.2 Å².